The van der Waals surface area contributed by atoms with Crippen molar-refractivity contribution in [1.82, 2.24) is 0 Å². The predicted molar refractivity (Wildman–Crippen MR) is 83.9 cm³/mol. The highest BCUT2D eigenvalue weighted by Gasteiger charge is 2.26. The summed E-state index contributed by atoms with van der Waals surface area (Å²) < 4.78 is 5.69. The molecule has 1 fully saturated rings. The summed E-state index contributed by atoms with van der Waals surface area (Å²) in [6.07, 6.45) is 1.25. The third-order valence-corrected chi connectivity index (χ3v) is 6.65. The lowest BCUT2D eigenvalue weighted by atomic mass is 10.0. The molecule has 2 unspecified atom stereocenters. The van der Waals surface area contributed by atoms with Crippen molar-refractivity contribution in [2.24, 2.45) is 0 Å². The number of hydrogen-bond donors (Lipinski definition) is 1. The fourth-order valence-electron chi connectivity index (χ4n) is 2.58. The van der Waals surface area contributed by atoms with E-state index in [9.17, 15) is 5.11 Å². The zero-order valence-corrected chi connectivity index (χ0v) is 13.0. The fourth-order valence-corrected chi connectivity index (χ4v) is 5.62. The highest BCUT2D eigenvalue weighted by atomic mass is 35.5. The first-order valence-electron chi connectivity index (χ1n) is 6.55. The van der Waals surface area contributed by atoms with Crippen molar-refractivity contribution in [2.45, 2.75) is 24.2 Å². The zero-order valence-electron chi connectivity index (χ0n) is 10.6. The van der Waals surface area contributed by atoms with Crippen molar-refractivity contribution in [2.75, 3.05) is 23.9 Å². The quantitative estimate of drug-likeness (QED) is 0.928. The molecule has 3 rings (SSSR count). The summed E-state index contributed by atoms with van der Waals surface area (Å²) in [7, 11) is 0. The minimum atomic E-state index is -0.315. The van der Waals surface area contributed by atoms with Crippen molar-refractivity contribution in [1.29, 1.82) is 0 Å². The van der Waals surface area contributed by atoms with Gasteiger partial charge in [-0.25, -0.2) is 0 Å². The van der Waals surface area contributed by atoms with Gasteiger partial charge in [0, 0.05) is 40.4 Å². The third-order valence-electron chi connectivity index (χ3n) is 3.53. The van der Waals surface area contributed by atoms with Crippen molar-refractivity contribution in [3.8, 4) is 5.75 Å². The van der Waals surface area contributed by atoms with Gasteiger partial charge >= 0.3 is 0 Å². The van der Waals surface area contributed by atoms with Crippen LogP contribution in [0.15, 0.2) is 12.1 Å². The predicted octanol–water partition coefficient (Wildman–Crippen LogP) is 3.03. The second-order valence-electron chi connectivity index (χ2n) is 4.91. The second-order valence-corrected chi connectivity index (χ2v) is 7.84. The highest BCUT2D eigenvalue weighted by molar-refractivity contribution is 8.06. The Morgan fingerprint density at radius 1 is 1.42 bits per heavy atom. The second kappa shape index (κ2) is 6.17. The van der Waals surface area contributed by atoms with Gasteiger partial charge in [-0.15, -0.1) is 0 Å². The van der Waals surface area contributed by atoms with Gasteiger partial charge < -0.3 is 9.84 Å². The maximum atomic E-state index is 10.4. The molecule has 0 aliphatic carbocycles. The van der Waals surface area contributed by atoms with Gasteiger partial charge in [-0.2, -0.15) is 23.5 Å². The molecule has 2 aliphatic heterocycles. The number of halogens is 1. The number of thioether (sulfide) groups is 2. The van der Waals surface area contributed by atoms with Crippen LogP contribution in [0.3, 0.4) is 0 Å². The highest BCUT2D eigenvalue weighted by Crippen LogP contribution is 2.35. The molecular formula is C14H17ClO2S2. The van der Waals surface area contributed by atoms with E-state index in [4.69, 9.17) is 16.3 Å². The fraction of sp³-hybridized carbons (Fsp3) is 0.571. The monoisotopic (exact) mass is 316 g/mol. The van der Waals surface area contributed by atoms with Crippen LogP contribution in [0.1, 0.15) is 11.1 Å². The lowest BCUT2D eigenvalue weighted by Gasteiger charge is -2.26. The molecule has 5 heteroatoms. The molecule has 0 amide bonds. The molecule has 19 heavy (non-hydrogen) atoms. The molecule has 2 heterocycles. The number of aliphatic hydroxyl groups is 1. The van der Waals surface area contributed by atoms with Gasteiger partial charge in [0.15, 0.2) is 0 Å². The third kappa shape index (κ3) is 3.18. The molecular weight excluding hydrogens is 300 g/mol. The van der Waals surface area contributed by atoms with Crippen LogP contribution in [-0.4, -0.2) is 40.3 Å². The number of fused-ring (bicyclic) bond motifs is 1. The van der Waals surface area contributed by atoms with E-state index in [1.54, 1.807) is 0 Å². The lowest BCUT2D eigenvalue weighted by molar-refractivity contribution is 0.176. The summed E-state index contributed by atoms with van der Waals surface area (Å²) in [5, 5.41) is 11.5. The van der Waals surface area contributed by atoms with E-state index in [1.165, 1.54) is 11.3 Å². The van der Waals surface area contributed by atoms with Gasteiger partial charge in [0.25, 0.3) is 0 Å². The van der Waals surface area contributed by atoms with Crippen LogP contribution in [0.4, 0.5) is 0 Å². The lowest BCUT2D eigenvalue weighted by Crippen LogP contribution is -2.30. The Bertz CT molecular complexity index is 461. The van der Waals surface area contributed by atoms with Crippen LogP contribution in [0.25, 0.3) is 0 Å². The summed E-state index contributed by atoms with van der Waals surface area (Å²) in [6, 6.07) is 3.92. The Morgan fingerprint density at radius 2 is 2.32 bits per heavy atom. The van der Waals surface area contributed by atoms with E-state index in [2.05, 4.69) is 0 Å². The molecule has 1 saturated heterocycles. The van der Waals surface area contributed by atoms with Gasteiger partial charge in [-0.3, -0.25) is 0 Å². The first-order valence-corrected chi connectivity index (χ1v) is 9.13. The molecule has 2 nitrogen and oxygen atoms in total. The van der Waals surface area contributed by atoms with Crippen LogP contribution in [0.5, 0.6) is 5.75 Å². The van der Waals surface area contributed by atoms with Gasteiger partial charge in [-0.1, -0.05) is 11.6 Å². The number of ether oxygens (including phenoxy) is 1. The van der Waals surface area contributed by atoms with Gasteiger partial charge in [0.2, 0.25) is 0 Å². The number of benzene rings is 1. The van der Waals surface area contributed by atoms with E-state index in [0.717, 1.165) is 40.9 Å². The van der Waals surface area contributed by atoms with Crippen LogP contribution in [0, 0.1) is 0 Å². The van der Waals surface area contributed by atoms with Crippen molar-refractivity contribution < 1.29 is 9.84 Å². The van der Waals surface area contributed by atoms with Gasteiger partial charge in [-0.05, 0) is 23.3 Å². The minimum absolute atomic E-state index is 0.315. The number of hydrogen-bond acceptors (Lipinski definition) is 4. The molecule has 0 bridgehead atoms. The molecule has 1 N–H and O–H groups in total. The van der Waals surface area contributed by atoms with E-state index in [0.29, 0.717) is 11.7 Å². The molecule has 0 spiro atoms. The summed E-state index contributed by atoms with van der Waals surface area (Å²) in [6.45, 7) is 0.729. The SMILES string of the molecule is OC(Cc1cc(Cl)cc2c1OCC2)C1CSCCS1. The molecule has 1 aromatic rings. The Labute approximate surface area is 127 Å². The van der Waals surface area contributed by atoms with Gasteiger partial charge in [0.05, 0.1) is 12.7 Å². The largest absolute Gasteiger partial charge is 0.493 e. The maximum absolute atomic E-state index is 10.4. The molecule has 104 valence electrons. The van der Waals surface area contributed by atoms with Gasteiger partial charge in [0.1, 0.15) is 5.75 Å². The van der Waals surface area contributed by atoms with E-state index < -0.39 is 0 Å². The normalized spacial score (nSPS) is 23.8. The van der Waals surface area contributed by atoms with E-state index in [-0.39, 0.29) is 6.10 Å². The molecule has 0 radical (unpaired) electrons. The smallest absolute Gasteiger partial charge is 0.126 e. The average Bonchev–Trinajstić information content (AvgIpc) is 2.88. The summed E-state index contributed by atoms with van der Waals surface area (Å²) >= 11 is 9.97. The van der Waals surface area contributed by atoms with Crippen molar-refractivity contribution >= 4 is 35.1 Å². The number of rotatable bonds is 3. The Morgan fingerprint density at radius 3 is 3.11 bits per heavy atom. The molecule has 1 aromatic carbocycles. The van der Waals surface area contributed by atoms with E-state index in [1.807, 2.05) is 35.7 Å². The molecule has 0 aromatic heterocycles. The van der Waals surface area contributed by atoms with E-state index >= 15 is 0 Å². The molecule has 2 aliphatic rings. The summed E-state index contributed by atoms with van der Waals surface area (Å²) in [5.41, 5.74) is 2.24. The van der Waals surface area contributed by atoms with Crippen molar-refractivity contribution in [3.63, 3.8) is 0 Å². The zero-order chi connectivity index (χ0) is 13.2. The molecule has 2 atom stereocenters. The summed E-state index contributed by atoms with van der Waals surface area (Å²) in [5.74, 6) is 4.33. The Kier molecular flexibility index (Phi) is 4.52. The van der Waals surface area contributed by atoms with Crippen LogP contribution in [0.2, 0.25) is 5.02 Å². The van der Waals surface area contributed by atoms with Crippen molar-refractivity contribution in [3.05, 3.63) is 28.3 Å². The van der Waals surface area contributed by atoms with Crippen LogP contribution in [-0.2, 0) is 12.8 Å². The van der Waals surface area contributed by atoms with Crippen LogP contribution < -0.4 is 4.74 Å². The minimum Gasteiger partial charge on any atom is -0.493 e. The Hall–Kier alpha value is -0.0300. The van der Waals surface area contributed by atoms with Crippen LogP contribution >= 0.6 is 35.1 Å². The standard InChI is InChI=1S/C14H17ClO2S2/c15-11-5-9-1-2-17-14(9)10(6-11)7-12(16)13-8-18-3-4-19-13/h5-6,12-13,16H,1-4,7-8H2. The average molecular weight is 317 g/mol. The number of aliphatic hydroxyl groups excluding tert-OH is 1. The first-order chi connectivity index (χ1) is 9.24. The maximum Gasteiger partial charge on any atom is 0.126 e. The first kappa shape index (κ1) is 13.9. The Balaban J connectivity index is 1.75. The molecule has 0 saturated carbocycles. The topological polar surface area (TPSA) is 29.5 Å². The summed E-state index contributed by atoms with van der Waals surface area (Å²) in [4.78, 5) is 0.